The van der Waals surface area contributed by atoms with Crippen molar-refractivity contribution in [2.45, 2.75) is 46.5 Å². The highest BCUT2D eigenvalue weighted by molar-refractivity contribution is 6.30. The van der Waals surface area contributed by atoms with Crippen LogP contribution in [0.3, 0.4) is 0 Å². The molecule has 24 heavy (non-hydrogen) atoms. The normalized spacial score (nSPS) is 11.2. The molecule has 0 spiro atoms. The zero-order valence-electron chi connectivity index (χ0n) is 15.7. The highest BCUT2D eigenvalue weighted by Crippen LogP contribution is 2.21. The van der Waals surface area contributed by atoms with E-state index in [1.807, 2.05) is 21.0 Å². The number of hydrogen-bond donors (Lipinski definition) is 1. The highest BCUT2D eigenvalue weighted by Gasteiger charge is 2.11. The van der Waals surface area contributed by atoms with Crippen LogP contribution in [-0.2, 0) is 9.53 Å². The van der Waals surface area contributed by atoms with Crippen LogP contribution in [0, 0.1) is 12.8 Å². The van der Waals surface area contributed by atoms with Crippen molar-refractivity contribution in [1.82, 2.24) is 5.32 Å². The number of ether oxygens (including phenoxy) is 2. The molecule has 0 aliphatic carbocycles. The SMILES string of the molecule is CCCCC(CC)COC(=O)COc1ccc(Cl)cc1C.CNC. The Labute approximate surface area is 151 Å². The van der Waals surface area contributed by atoms with Crippen molar-refractivity contribution >= 4 is 17.6 Å². The first-order valence-corrected chi connectivity index (χ1v) is 8.99. The summed E-state index contributed by atoms with van der Waals surface area (Å²) in [6.07, 6.45) is 4.49. The Morgan fingerprint density at radius 2 is 1.96 bits per heavy atom. The number of aryl methyl sites for hydroxylation is 1. The van der Waals surface area contributed by atoms with Crippen molar-refractivity contribution in [3.05, 3.63) is 28.8 Å². The van der Waals surface area contributed by atoms with Crippen LogP contribution >= 0.6 is 11.6 Å². The first kappa shape index (κ1) is 22.7. The molecule has 5 heteroatoms. The predicted octanol–water partition coefficient (Wildman–Crippen LogP) is 4.62. The van der Waals surface area contributed by atoms with Crippen LogP contribution in [0.4, 0.5) is 0 Å². The third-order valence-electron chi connectivity index (χ3n) is 3.51. The van der Waals surface area contributed by atoms with Gasteiger partial charge in [0.05, 0.1) is 6.61 Å². The fourth-order valence-corrected chi connectivity index (χ4v) is 2.29. The molecule has 0 radical (unpaired) electrons. The molecule has 0 saturated carbocycles. The zero-order chi connectivity index (χ0) is 18.4. The maximum atomic E-state index is 11.7. The van der Waals surface area contributed by atoms with Gasteiger partial charge in [-0.25, -0.2) is 4.79 Å². The average Bonchev–Trinajstić information content (AvgIpc) is 2.55. The summed E-state index contributed by atoms with van der Waals surface area (Å²) in [5.41, 5.74) is 0.907. The summed E-state index contributed by atoms with van der Waals surface area (Å²) >= 11 is 5.87. The van der Waals surface area contributed by atoms with Crippen LogP contribution < -0.4 is 10.1 Å². The van der Waals surface area contributed by atoms with Gasteiger partial charge in [0.1, 0.15) is 5.75 Å². The van der Waals surface area contributed by atoms with E-state index in [0.29, 0.717) is 23.3 Å². The van der Waals surface area contributed by atoms with Gasteiger partial charge in [-0.15, -0.1) is 0 Å². The van der Waals surface area contributed by atoms with Crippen LogP contribution in [0.25, 0.3) is 0 Å². The van der Waals surface area contributed by atoms with Gasteiger partial charge in [0.15, 0.2) is 6.61 Å². The van der Waals surface area contributed by atoms with E-state index in [0.717, 1.165) is 18.4 Å². The molecule has 4 nitrogen and oxygen atoms in total. The number of carbonyl (C=O) groups excluding carboxylic acids is 1. The topological polar surface area (TPSA) is 47.6 Å². The second-order valence-corrected chi connectivity index (χ2v) is 6.23. The van der Waals surface area contributed by atoms with Gasteiger partial charge in [-0.1, -0.05) is 44.7 Å². The first-order chi connectivity index (χ1) is 11.5. The predicted molar refractivity (Wildman–Crippen MR) is 101 cm³/mol. The zero-order valence-corrected chi connectivity index (χ0v) is 16.4. The van der Waals surface area contributed by atoms with Crippen molar-refractivity contribution in [3.8, 4) is 5.75 Å². The number of rotatable bonds is 9. The van der Waals surface area contributed by atoms with Gasteiger partial charge >= 0.3 is 5.97 Å². The van der Waals surface area contributed by atoms with Gasteiger partial charge in [0, 0.05) is 5.02 Å². The van der Waals surface area contributed by atoms with E-state index in [2.05, 4.69) is 19.2 Å². The number of hydrogen-bond acceptors (Lipinski definition) is 4. The molecule has 1 aromatic carbocycles. The van der Waals surface area contributed by atoms with Crippen molar-refractivity contribution < 1.29 is 14.3 Å². The molecule has 1 aromatic rings. The fraction of sp³-hybridized carbons (Fsp3) is 0.632. The number of carbonyl (C=O) groups is 1. The minimum atomic E-state index is -0.320. The molecule has 0 aromatic heterocycles. The van der Waals surface area contributed by atoms with Gasteiger partial charge < -0.3 is 14.8 Å². The maximum Gasteiger partial charge on any atom is 0.344 e. The number of nitrogens with one attached hydrogen (secondary N) is 1. The maximum absolute atomic E-state index is 11.7. The van der Waals surface area contributed by atoms with E-state index in [1.54, 1.807) is 18.2 Å². The monoisotopic (exact) mass is 357 g/mol. The van der Waals surface area contributed by atoms with Crippen molar-refractivity contribution in [1.29, 1.82) is 0 Å². The van der Waals surface area contributed by atoms with E-state index < -0.39 is 0 Å². The Hall–Kier alpha value is -1.26. The van der Waals surface area contributed by atoms with E-state index in [1.165, 1.54) is 12.8 Å². The lowest BCUT2D eigenvalue weighted by atomic mass is 10.0. The van der Waals surface area contributed by atoms with E-state index in [4.69, 9.17) is 21.1 Å². The van der Waals surface area contributed by atoms with Crippen molar-refractivity contribution in [2.75, 3.05) is 27.3 Å². The molecule has 0 aliphatic rings. The van der Waals surface area contributed by atoms with Gasteiger partial charge in [-0.2, -0.15) is 0 Å². The van der Waals surface area contributed by atoms with Crippen LogP contribution in [0.15, 0.2) is 18.2 Å². The molecule has 1 atom stereocenters. The van der Waals surface area contributed by atoms with Crippen molar-refractivity contribution in [2.24, 2.45) is 5.92 Å². The minimum absolute atomic E-state index is 0.0628. The standard InChI is InChI=1S/C17H25ClO3.C2H7N/c1-4-6-7-14(5-2)11-21-17(19)12-20-16-9-8-15(18)10-13(16)3;1-3-2/h8-10,14H,4-7,11-12H2,1-3H3;3H,1-2H3. The van der Waals surface area contributed by atoms with E-state index >= 15 is 0 Å². The molecular weight excluding hydrogens is 326 g/mol. The molecule has 138 valence electrons. The first-order valence-electron chi connectivity index (χ1n) is 8.61. The Kier molecular flexibility index (Phi) is 13.4. The Bertz CT molecular complexity index is 466. The smallest absolute Gasteiger partial charge is 0.344 e. The molecule has 0 amide bonds. The lowest BCUT2D eigenvalue weighted by Crippen LogP contribution is -2.19. The fourth-order valence-electron chi connectivity index (χ4n) is 2.06. The van der Waals surface area contributed by atoms with Gasteiger partial charge in [-0.3, -0.25) is 0 Å². The third-order valence-corrected chi connectivity index (χ3v) is 3.74. The van der Waals surface area contributed by atoms with Crippen molar-refractivity contribution in [3.63, 3.8) is 0 Å². The number of benzene rings is 1. The largest absolute Gasteiger partial charge is 0.482 e. The Morgan fingerprint density at radius 3 is 2.50 bits per heavy atom. The quantitative estimate of drug-likeness (QED) is 0.655. The molecular formula is C19H32ClNO3. The molecule has 0 fully saturated rings. The molecule has 1 unspecified atom stereocenters. The summed E-state index contributed by atoms with van der Waals surface area (Å²) in [5.74, 6) is 0.792. The second kappa shape index (κ2) is 14.1. The summed E-state index contributed by atoms with van der Waals surface area (Å²) < 4.78 is 10.8. The van der Waals surface area contributed by atoms with E-state index in [9.17, 15) is 4.79 Å². The van der Waals surface area contributed by atoms with Gasteiger partial charge in [0.2, 0.25) is 0 Å². The van der Waals surface area contributed by atoms with Crippen LogP contribution in [-0.4, -0.2) is 33.3 Å². The molecule has 1 N–H and O–H groups in total. The second-order valence-electron chi connectivity index (χ2n) is 5.80. The average molecular weight is 358 g/mol. The summed E-state index contributed by atoms with van der Waals surface area (Å²) in [5, 5.41) is 3.41. The van der Waals surface area contributed by atoms with Gasteiger partial charge in [0.25, 0.3) is 0 Å². The van der Waals surface area contributed by atoms with E-state index in [-0.39, 0.29) is 12.6 Å². The number of halogens is 1. The van der Waals surface area contributed by atoms with Crippen LogP contribution in [0.1, 0.15) is 45.1 Å². The highest BCUT2D eigenvalue weighted by atomic mass is 35.5. The summed E-state index contributed by atoms with van der Waals surface area (Å²) in [6, 6.07) is 5.31. The lowest BCUT2D eigenvalue weighted by Gasteiger charge is -2.15. The molecule has 0 heterocycles. The number of unbranched alkanes of at least 4 members (excludes halogenated alkanes) is 1. The number of esters is 1. The van der Waals surface area contributed by atoms with Gasteiger partial charge in [-0.05, 0) is 57.1 Å². The van der Waals surface area contributed by atoms with Crippen LogP contribution in [0.5, 0.6) is 5.75 Å². The Morgan fingerprint density at radius 1 is 1.29 bits per heavy atom. The molecule has 0 aliphatic heterocycles. The summed E-state index contributed by atoms with van der Waals surface area (Å²) in [6.45, 7) is 6.61. The Balaban J connectivity index is 0.00000163. The lowest BCUT2D eigenvalue weighted by molar-refractivity contribution is -0.147. The summed E-state index contributed by atoms with van der Waals surface area (Å²) in [7, 11) is 3.75. The molecule has 0 saturated heterocycles. The summed E-state index contributed by atoms with van der Waals surface area (Å²) in [4.78, 5) is 11.7. The molecule has 1 rings (SSSR count). The third kappa shape index (κ3) is 10.5. The molecule has 0 bridgehead atoms. The minimum Gasteiger partial charge on any atom is -0.482 e. The van der Waals surface area contributed by atoms with Crippen LogP contribution in [0.2, 0.25) is 5.02 Å².